The normalized spacial score (nSPS) is 17.6. The van der Waals surface area contributed by atoms with Gasteiger partial charge in [-0.15, -0.1) is 26.3 Å². The van der Waals surface area contributed by atoms with Crippen LogP contribution in [0, 0.1) is 10.8 Å². The highest BCUT2D eigenvalue weighted by atomic mass is 19.4. The molecule has 0 spiro atoms. The van der Waals surface area contributed by atoms with Crippen molar-refractivity contribution in [3.8, 4) is 11.5 Å². The minimum atomic E-state index is -4.80. The molecule has 2 aliphatic heterocycles. The Morgan fingerprint density at radius 3 is 1.41 bits per heavy atom. The van der Waals surface area contributed by atoms with Gasteiger partial charge < -0.3 is 40.5 Å². The molecule has 19 heteroatoms. The summed E-state index contributed by atoms with van der Waals surface area (Å²) in [7, 11) is 3.85. The molecule has 4 aromatic rings. The fourth-order valence-corrected chi connectivity index (χ4v) is 8.38. The number of likely N-dealkylation sites (tertiary alicyclic amines) is 2. The summed E-state index contributed by atoms with van der Waals surface area (Å²) in [4.78, 5) is 47.6. The predicted molar refractivity (Wildman–Crippen MR) is 263 cm³/mol. The zero-order chi connectivity index (χ0) is 52.1. The molecule has 0 aromatic heterocycles. The van der Waals surface area contributed by atoms with Gasteiger partial charge in [-0.1, -0.05) is 102 Å². The number of amides is 5. The summed E-state index contributed by atoms with van der Waals surface area (Å²) < 4.78 is 81.7. The molecule has 2 heterocycles. The number of nitrogens with zero attached hydrogens (tertiary/aromatic N) is 4. The van der Waals surface area contributed by atoms with Crippen LogP contribution >= 0.6 is 0 Å². The quantitative estimate of drug-likeness (QED) is 0.0867. The van der Waals surface area contributed by atoms with Crippen molar-refractivity contribution in [3.63, 3.8) is 0 Å². The second-order valence-electron chi connectivity index (χ2n) is 20.3. The van der Waals surface area contributed by atoms with E-state index in [2.05, 4.69) is 110 Å². The van der Waals surface area contributed by atoms with Crippen LogP contribution in [0.4, 0.5) is 47.3 Å². The first-order valence-electron chi connectivity index (χ1n) is 23.6. The first kappa shape index (κ1) is 55.9. The third-order valence-electron chi connectivity index (χ3n) is 12.4. The lowest BCUT2D eigenvalue weighted by Gasteiger charge is -2.36. The molecule has 6 rings (SSSR count). The van der Waals surface area contributed by atoms with Crippen LogP contribution in [0.25, 0.3) is 0 Å². The maximum absolute atomic E-state index is 13.4. The minimum absolute atomic E-state index is 0.0251. The molecule has 0 saturated carbocycles. The number of benzene rings is 4. The number of halogens is 6. The summed E-state index contributed by atoms with van der Waals surface area (Å²) >= 11 is 0. The Bertz CT molecular complexity index is 2290. The van der Waals surface area contributed by atoms with Crippen LogP contribution in [0.15, 0.2) is 109 Å². The molecule has 2 aliphatic rings. The van der Waals surface area contributed by atoms with Crippen LogP contribution < -0.4 is 30.7 Å². The van der Waals surface area contributed by atoms with E-state index in [1.54, 1.807) is 11.9 Å². The molecular weight excluding hydrogens is 931 g/mol. The zero-order valence-electron chi connectivity index (χ0n) is 41.7. The predicted octanol–water partition coefficient (Wildman–Crippen LogP) is 10.2. The number of hydrogen-bond acceptors (Lipinski definition) is 8. The van der Waals surface area contributed by atoms with Crippen LogP contribution in [0.3, 0.4) is 0 Å². The third kappa shape index (κ3) is 18.9. The van der Waals surface area contributed by atoms with E-state index >= 15 is 0 Å². The summed E-state index contributed by atoms with van der Waals surface area (Å²) in [5.41, 5.74) is 2.40. The van der Waals surface area contributed by atoms with Crippen molar-refractivity contribution in [2.75, 3.05) is 57.5 Å². The van der Waals surface area contributed by atoms with Crippen molar-refractivity contribution in [2.45, 2.75) is 104 Å². The van der Waals surface area contributed by atoms with Crippen molar-refractivity contribution in [1.82, 2.24) is 30.2 Å². The Hall–Kier alpha value is -6.05. The third-order valence-corrected chi connectivity index (χ3v) is 12.4. The molecule has 2 unspecified atom stereocenters. The summed E-state index contributed by atoms with van der Waals surface area (Å²) in [6, 6.07) is 28.9. The fraction of sp³-hybridized carbons (Fsp3) is 0.481. The lowest BCUT2D eigenvalue weighted by Crippen LogP contribution is -2.56. The number of hydrogen-bond donors (Lipinski definition) is 4. The van der Waals surface area contributed by atoms with Gasteiger partial charge in [0.2, 0.25) is 5.91 Å². The van der Waals surface area contributed by atoms with Crippen molar-refractivity contribution in [2.24, 2.45) is 10.8 Å². The Labute approximate surface area is 413 Å². The summed E-state index contributed by atoms with van der Waals surface area (Å²) in [5.74, 6) is -0.927. The average molecular weight is 999 g/mol. The second-order valence-corrected chi connectivity index (χ2v) is 20.3. The van der Waals surface area contributed by atoms with Gasteiger partial charge in [-0.2, -0.15) is 0 Å². The molecule has 4 aromatic carbocycles. The number of alkyl halides is 6. The van der Waals surface area contributed by atoms with Gasteiger partial charge in [0, 0.05) is 82.4 Å². The van der Waals surface area contributed by atoms with E-state index < -0.39 is 42.0 Å². The number of rotatable bonds is 15. The lowest BCUT2D eigenvalue weighted by atomic mass is 9.85. The first-order chi connectivity index (χ1) is 33.2. The highest BCUT2D eigenvalue weighted by Gasteiger charge is 2.39. The number of nitrogens with one attached hydrogen (secondary N) is 4. The molecular formula is C52H68F6N8O5. The number of anilines is 2. The van der Waals surface area contributed by atoms with E-state index in [1.807, 2.05) is 45.0 Å². The van der Waals surface area contributed by atoms with Gasteiger partial charge >= 0.3 is 24.8 Å². The maximum atomic E-state index is 13.4. The number of ether oxygens (including phenoxy) is 2. The Morgan fingerprint density at radius 1 is 0.592 bits per heavy atom. The van der Waals surface area contributed by atoms with Gasteiger partial charge in [0.25, 0.3) is 0 Å². The minimum Gasteiger partial charge on any atom is -0.406 e. The zero-order valence-corrected chi connectivity index (χ0v) is 41.7. The smallest absolute Gasteiger partial charge is 0.406 e. The molecule has 2 saturated heterocycles. The number of carbonyl (C=O) groups excluding carboxylic acids is 3. The van der Waals surface area contributed by atoms with E-state index in [0.29, 0.717) is 18.3 Å². The van der Waals surface area contributed by atoms with Crippen molar-refractivity contribution < 1.29 is 50.2 Å². The standard InChI is InChI=1S/C26H33F3N4O3.C26H35F3N4O2/c1-25(2,3)22(31-24(35)30-19-10-12-21(13-11-19)36-26(27,28)29)23(34)32(4)20-14-15-33(17-20)16-18-8-6-5-7-9-18;1-25(2,3)23(31-24(34)30-20-10-12-22(13-11-20)35-26(27,28)29)18-32(4)21-14-15-33(17-21)16-19-8-6-5-7-9-19/h5-13,20,22H,14-17H2,1-4H3,(H2,30,31,35);5-13,21,23H,14-18H2,1-4H3,(H2,30,31,34)/t20?,22-;21?,23-/m11/s1. The van der Waals surface area contributed by atoms with Crippen LogP contribution in [0.5, 0.6) is 11.5 Å². The van der Waals surface area contributed by atoms with E-state index in [1.165, 1.54) is 47.5 Å². The highest BCUT2D eigenvalue weighted by Crippen LogP contribution is 2.28. The molecule has 0 radical (unpaired) electrons. The molecule has 0 bridgehead atoms. The second kappa shape index (κ2) is 24.4. The van der Waals surface area contributed by atoms with Gasteiger partial charge in [0.05, 0.1) is 0 Å². The SMILES string of the molecule is CN(C(=O)[C@@H](NC(=O)Nc1ccc(OC(F)(F)F)cc1)C(C)(C)C)C1CCN(Cc2ccccc2)C1.CN(C[C@@H](NC(=O)Nc1ccc(OC(F)(F)F)cc1)C(C)(C)C)C1CCN(Cc2ccccc2)C1. The van der Waals surface area contributed by atoms with Crippen LogP contribution in [0.2, 0.25) is 0 Å². The average Bonchev–Trinajstić information content (AvgIpc) is 3.96. The molecule has 2 fully saturated rings. The molecule has 4 atom stereocenters. The first-order valence-corrected chi connectivity index (χ1v) is 23.6. The number of carbonyl (C=O) groups is 3. The number of likely N-dealkylation sites (N-methyl/N-ethyl adjacent to an activating group) is 2. The Morgan fingerprint density at radius 2 is 1.00 bits per heavy atom. The van der Waals surface area contributed by atoms with Gasteiger partial charge in [0.1, 0.15) is 17.5 Å². The molecule has 13 nitrogen and oxygen atoms in total. The topological polar surface area (TPSA) is 131 Å². The molecule has 0 aliphatic carbocycles. The monoisotopic (exact) mass is 999 g/mol. The van der Waals surface area contributed by atoms with Gasteiger partial charge in [-0.25, -0.2) is 9.59 Å². The maximum Gasteiger partial charge on any atom is 0.573 e. The Balaban J connectivity index is 0.000000264. The van der Waals surface area contributed by atoms with Gasteiger partial charge in [-0.3, -0.25) is 14.6 Å². The number of urea groups is 2. The summed E-state index contributed by atoms with van der Waals surface area (Å²) in [6.45, 7) is 17.9. The largest absolute Gasteiger partial charge is 0.573 e. The van der Waals surface area contributed by atoms with Crippen molar-refractivity contribution in [1.29, 1.82) is 0 Å². The Kier molecular flexibility index (Phi) is 19.2. The fourth-order valence-electron chi connectivity index (χ4n) is 8.38. The van der Waals surface area contributed by atoms with E-state index in [0.717, 1.165) is 64.2 Å². The lowest BCUT2D eigenvalue weighted by molar-refractivity contribution is -0.275. The summed E-state index contributed by atoms with van der Waals surface area (Å²) in [6.07, 6.45) is -7.64. The van der Waals surface area contributed by atoms with Gasteiger partial charge in [0.15, 0.2) is 0 Å². The van der Waals surface area contributed by atoms with Crippen LogP contribution in [-0.4, -0.2) is 121 Å². The van der Waals surface area contributed by atoms with Crippen molar-refractivity contribution >= 4 is 29.3 Å². The molecule has 71 heavy (non-hydrogen) atoms. The van der Waals surface area contributed by atoms with Crippen molar-refractivity contribution in [3.05, 3.63) is 120 Å². The highest BCUT2D eigenvalue weighted by molar-refractivity contribution is 5.94. The van der Waals surface area contributed by atoms with E-state index in [9.17, 15) is 40.7 Å². The molecule has 5 amide bonds. The van der Waals surface area contributed by atoms with E-state index in [4.69, 9.17) is 0 Å². The van der Waals surface area contributed by atoms with E-state index in [-0.39, 0.29) is 34.8 Å². The van der Waals surface area contributed by atoms with Gasteiger partial charge in [-0.05, 0) is 90.4 Å². The molecule has 4 N–H and O–H groups in total. The van der Waals surface area contributed by atoms with Crippen LogP contribution in [-0.2, 0) is 17.9 Å². The van der Waals surface area contributed by atoms with Crippen LogP contribution in [0.1, 0.15) is 65.5 Å². The summed E-state index contributed by atoms with van der Waals surface area (Å²) in [5, 5.41) is 11.1. The molecule has 388 valence electrons.